The molecule has 0 spiro atoms. The van der Waals surface area contributed by atoms with Gasteiger partial charge in [0.2, 0.25) is 5.88 Å². The second-order valence-corrected chi connectivity index (χ2v) is 14.8. The molecule has 2 fully saturated rings. The largest absolute Gasteiger partial charge is 0.477 e. The molecule has 46 heavy (non-hydrogen) atoms. The summed E-state index contributed by atoms with van der Waals surface area (Å²) in [5, 5.41) is 36.9. The number of carbonyl (C=O) groups excluding carboxylic acids is 1. The maximum Gasteiger partial charge on any atom is 0.268 e. The highest BCUT2D eigenvalue weighted by atomic mass is 32.2. The molecular weight excluding hydrogens is 622 g/mol. The standard InChI is InChI=1S/C29H37B2F2N5O7S/c1-25(2)28(30,40)20(29(31,41)42)17-37(25)23-19(24(39)36-46(43,44)18-7-5-4-6-8-18)9-10-21(34-23)38-15-11-22(35-38)45-16-14-27(12-13-27)26(3,32)33/h4-11,15,20,40-42H,12-14,16-17,30-31H2,1-3H3,(H,36,39)/t20-,28?/m1/s1. The molecule has 0 radical (unpaired) electrons. The van der Waals surface area contributed by atoms with Crippen LogP contribution in [-0.2, 0) is 10.0 Å². The van der Waals surface area contributed by atoms with Gasteiger partial charge in [-0.05, 0) is 64.3 Å². The first-order chi connectivity index (χ1) is 21.2. The predicted molar refractivity (Wildman–Crippen MR) is 169 cm³/mol. The van der Waals surface area contributed by atoms with Gasteiger partial charge in [-0.3, -0.25) is 4.79 Å². The molecule has 2 aliphatic rings. The van der Waals surface area contributed by atoms with Gasteiger partial charge in [-0.25, -0.2) is 31.6 Å². The number of aliphatic hydroxyl groups is 3. The smallest absolute Gasteiger partial charge is 0.268 e. The Morgan fingerprint density at radius 1 is 1.15 bits per heavy atom. The zero-order valence-electron chi connectivity index (χ0n) is 26.2. The van der Waals surface area contributed by atoms with Crippen LogP contribution >= 0.6 is 0 Å². The van der Waals surface area contributed by atoms with Crippen molar-refractivity contribution in [3.8, 4) is 11.7 Å². The van der Waals surface area contributed by atoms with E-state index in [1.54, 1.807) is 19.9 Å². The Morgan fingerprint density at radius 3 is 2.37 bits per heavy atom. The number of rotatable bonds is 11. The molecule has 5 rings (SSSR count). The number of sulfonamides is 1. The monoisotopic (exact) mass is 659 g/mol. The fraction of sp³-hybridized carbons (Fsp3) is 0.483. The first-order valence-electron chi connectivity index (χ1n) is 14.8. The van der Waals surface area contributed by atoms with E-state index in [4.69, 9.17) is 4.74 Å². The van der Waals surface area contributed by atoms with Gasteiger partial charge >= 0.3 is 0 Å². The number of amides is 1. The molecule has 1 aliphatic heterocycles. The number of nitrogens with zero attached hydrogens (tertiary/aromatic N) is 4. The summed E-state index contributed by atoms with van der Waals surface area (Å²) in [5.74, 6) is -4.63. The fourth-order valence-electron chi connectivity index (χ4n) is 6.05. The maximum absolute atomic E-state index is 13.9. The molecule has 1 saturated heterocycles. The van der Waals surface area contributed by atoms with E-state index in [2.05, 4.69) is 14.8 Å². The third kappa shape index (κ3) is 6.12. The van der Waals surface area contributed by atoms with Crippen molar-refractivity contribution in [3.05, 3.63) is 60.3 Å². The van der Waals surface area contributed by atoms with Crippen LogP contribution in [0.5, 0.6) is 5.88 Å². The van der Waals surface area contributed by atoms with Gasteiger partial charge in [0, 0.05) is 30.1 Å². The van der Waals surface area contributed by atoms with Crippen molar-refractivity contribution in [3.63, 3.8) is 0 Å². The normalized spacial score (nSPS) is 22.4. The molecule has 1 unspecified atom stereocenters. The molecule has 0 bridgehead atoms. The van der Waals surface area contributed by atoms with Gasteiger partial charge < -0.3 is 25.0 Å². The zero-order chi connectivity index (χ0) is 33.9. The number of hydrogen-bond acceptors (Lipinski definition) is 10. The molecule has 1 saturated carbocycles. The Morgan fingerprint density at radius 2 is 1.80 bits per heavy atom. The fourth-order valence-corrected chi connectivity index (χ4v) is 7.04. The lowest BCUT2D eigenvalue weighted by molar-refractivity contribution is -0.160. The lowest BCUT2D eigenvalue weighted by atomic mass is 9.58. The minimum Gasteiger partial charge on any atom is -0.477 e. The van der Waals surface area contributed by atoms with E-state index in [0.29, 0.717) is 12.8 Å². The first-order valence-corrected chi connectivity index (χ1v) is 16.3. The van der Waals surface area contributed by atoms with Crippen molar-refractivity contribution in [1.82, 2.24) is 19.5 Å². The summed E-state index contributed by atoms with van der Waals surface area (Å²) in [7, 11) is -1.68. The minimum atomic E-state index is -4.27. The Kier molecular flexibility index (Phi) is 8.32. The molecule has 246 valence electrons. The number of carbonyl (C=O) groups is 1. The third-order valence-electron chi connectivity index (χ3n) is 9.67. The van der Waals surface area contributed by atoms with Crippen LogP contribution in [0, 0.1) is 11.3 Å². The molecule has 1 amide bonds. The molecule has 2 atom stereocenters. The van der Waals surface area contributed by atoms with Crippen LogP contribution in [-0.4, -0.2) is 95.9 Å². The van der Waals surface area contributed by atoms with Crippen molar-refractivity contribution in [1.29, 1.82) is 0 Å². The summed E-state index contributed by atoms with van der Waals surface area (Å²) in [4.78, 5) is 19.6. The number of pyridine rings is 1. The highest BCUT2D eigenvalue weighted by Crippen LogP contribution is 2.59. The summed E-state index contributed by atoms with van der Waals surface area (Å²) in [6, 6.07) is 11.6. The number of nitrogens with one attached hydrogen (secondary N) is 1. The Labute approximate surface area is 267 Å². The van der Waals surface area contributed by atoms with E-state index in [0.717, 1.165) is 14.8 Å². The maximum atomic E-state index is 13.9. The number of anilines is 1. The lowest BCUT2D eigenvalue weighted by Crippen LogP contribution is -2.60. The van der Waals surface area contributed by atoms with Crippen LogP contribution in [0.15, 0.2) is 59.6 Å². The molecular formula is C29H37B2F2N5O7S. The van der Waals surface area contributed by atoms with Gasteiger partial charge in [0.1, 0.15) is 19.4 Å². The van der Waals surface area contributed by atoms with Crippen LogP contribution in [0.25, 0.3) is 5.82 Å². The highest BCUT2D eigenvalue weighted by molar-refractivity contribution is 7.90. The average Bonchev–Trinajstić information content (AvgIpc) is 3.56. The minimum absolute atomic E-state index is 0.0354. The van der Waals surface area contributed by atoms with Gasteiger partial charge in [0.05, 0.1) is 28.1 Å². The average molecular weight is 659 g/mol. The molecule has 3 heterocycles. The number of aromatic nitrogens is 3. The van der Waals surface area contributed by atoms with Gasteiger partial charge in [0.15, 0.2) is 13.7 Å². The second-order valence-electron chi connectivity index (χ2n) is 13.1. The van der Waals surface area contributed by atoms with Gasteiger partial charge in [0.25, 0.3) is 21.9 Å². The third-order valence-corrected chi connectivity index (χ3v) is 11.0. The first kappa shape index (κ1) is 33.8. The van der Waals surface area contributed by atoms with Crippen molar-refractivity contribution < 1.29 is 42.0 Å². The topological polar surface area (TPSA) is 167 Å². The van der Waals surface area contributed by atoms with E-state index in [1.807, 2.05) is 0 Å². The van der Waals surface area contributed by atoms with Crippen LogP contribution in [0.2, 0.25) is 0 Å². The molecule has 17 heteroatoms. The summed E-state index contributed by atoms with van der Waals surface area (Å²) >= 11 is 0. The number of alkyl halides is 2. The SMILES string of the molecule is BC(O)(O)[C@@H]1CN(c2nc(-n3ccc(OCCC4(C(C)(F)F)CC4)n3)ccc2C(=O)NS(=O)(=O)c2ccccc2)C(C)(C)C1(B)O. The van der Waals surface area contributed by atoms with E-state index >= 15 is 0 Å². The number of ether oxygens (including phenoxy) is 1. The zero-order valence-corrected chi connectivity index (χ0v) is 27.1. The van der Waals surface area contributed by atoms with Crippen LogP contribution in [0.1, 0.15) is 50.4 Å². The summed E-state index contributed by atoms with van der Waals surface area (Å²) < 4.78 is 63.0. The predicted octanol–water partition coefficient (Wildman–Crippen LogP) is 0.398. The summed E-state index contributed by atoms with van der Waals surface area (Å²) in [6.07, 6.45) is 2.55. The molecule has 3 aromatic rings. The highest BCUT2D eigenvalue weighted by Gasteiger charge is 2.61. The van der Waals surface area contributed by atoms with Crippen molar-refractivity contribution in [2.75, 3.05) is 18.1 Å². The Hall–Kier alpha value is -3.53. The van der Waals surface area contributed by atoms with Gasteiger partial charge in [-0.15, -0.1) is 5.10 Å². The molecule has 1 aliphatic carbocycles. The number of benzene rings is 1. The van der Waals surface area contributed by atoms with E-state index < -0.39 is 49.9 Å². The van der Waals surface area contributed by atoms with Crippen molar-refractivity contribution in [2.45, 2.75) is 67.6 Å². The van der Waals surface area contributed by atoms with Crippen LogP contribution in [0.4, 0.5) is 14.6 Å². The Balaban J connectivity index is 1.49. The van der Waals surface area contributed by atoms with Gasteiger partial charge in [-0.2, -0.15) is 0 Å². The molecule has 2 aromatic heterocycles. The molecule has 1 aromatic carbocycles. The van der Waals surface area contributed by atoms with Crippen molar-refractivity contribution in [2.24, 2.45) is 11.3 Å². The number of halogens is 2. The summed E-state index contributed by atoms with van der Waals surface area (Å²) in [5.41, 5.74) is -6.50. The van der Waals surface area contributed by atoms with Crippen LogP contribution in [0.3, 0.4) is 0 Å². The molecule has 12 nitrogen and oxygen atoms in total. The van der Waals surface area contributed by atoms with Gasteiger partial charge in [-0.1, -0.05) is 18.2 Å². The van der Waals surface area contributed by atoms with Crippen molar-refractivity contribution >= 4 is 37.4 Å². The number of hydrogen-bond donors (Lipinski definition) is 4. The quantitative estimate of drug-likeness (QED) is 0.167. The van der Waals surface area contributed by atoms with E-state index in [1.165, 1.54) is 66.1 Å². The Bertz CT molecular complexity index is 1720. The van der Waals surface area contributed by atoms with Crippen LogP contribution < -0.4 is 14.4 Å². The van der Waals surface area contributed by atoms with E-state index in [-0.39, 0.29) is 47.5 Å². The molecule has 4 N–H and O–H groups in total. The van der Waals surface area contributed by atoms with E-state index in [9.17, 15) is 37.3 Å². The lowest BCUT2D eigenvalue weighted by Gasteiger charge is -2.43. The summed E-state index contributed by atoms with van der Waals surface area (Å²) in [6.45, 7) is 4.07. The second kappa shape index (κ2) is 11.3.